The van der Waals surface area contributed by atoms with Crippen LogP contribution in [0, 0.1) is 50.2 Å². The number of carboxylic acid groups (broad SMARTS) is 1. The predicted octanol–water partition coefficient (Wildman–Crippen LogP) is 7.23. The van der Waals surface area contributed by atoms with Crippen LogP contribution >= 0.6 is 0 Å². The molecule has 0 radical (unpaired) electrons. The van der Waals surface area contributed by atoms with Crippen LogP contribution in [-0.4, -0.2) is 22.3 Å². The van der Waals surface area contributed by atoms with Crippen LogP contribution in [0.15, 0.2) is 11.6 Å². The number of carboxylic acids is 1. The van der Waals surface area contributed by atoms with Gasteiger partial charge in [-0.2, -0.15) is 0 Å². The van der Waals surface area contributed by atoms with E-state index in [1.807, 2.05) is 0 Å². The molecule has 0 unspecified atom stereocenters. The second-order valence-electron chi connectivity index (χ2n) is 15.1. The molecule has 33 heavy (non-hydrogen) atoms. The summed E-state index contributed by atoms with van der Waals surface area (Å²) in [6.07, 6.45) is 12.6. The summed E-state index contributed by atoms with van der Waals surface area (Å²) in [7, 11) is 0. The third kappa shape index (κ3) is 2.87. The molecule has 0 bridgehead atoms. The van der Waals surface area contributed by atoms with Crippen molar-refractivity contribution in [3.8, 4) is 0 Å². The molecule has 3 heteroatoms. The molecule has 0 amide bonds. The summed E-state index contributed by atoms with van der Waals surface area (Å²) in [5, 5.41) is 21.4. The van der Waals surface area contributed by atoms with E-state index in [9.17, 15) is 15.0 Å². The highest BCUT2D eigenvalue weighted by Crippen LogP contribution is 2.75. The lowest BCUT2D eigenvalue weighted by Crippen LogP contribution is -2.65. The maximum atomic E-state index is 12.8. The second-order valence-corrected chi connectivity index (χ2v) is 15.1. The normalized spacial score (nSPS) is 52.4. The highest BCUT2D eigenvalue weighted by atomic mass is 16.4. The van der Waals surface area contributed by atoms with E-state index in [1.165, 1.54) is 18.4 Å². The molecular formula is C30H48O3. The van der Waals surface area contributed by atoms with Gasteiger partial charge in [-0.15, -0.1) is 0 Å². The first kappa shape index (κ1) is 23.9. The SMILES string of the molecule is CC1(C)CC[C@@]2(C(=O)O)CC[C@@]3(C)C(=CC[C@H]4[C@]5(C)CC[C@H](O)C(C)(C)[C@H]5CC[C@@]43C)[C@@H]2C1. The first-order valence-corrected chi connectivity index (χ1v) is 13.8. The molecule has 186 valence electrons. The van der Waals surface area contributed by atoms with E-state index in [0.717, 1.165) is 51.4 Å². The third-order valence-corrected chi connectivity index (χ3v) is 13.0. The number of aliphatic hydroxyl groups excluding tert-OH is 1. The van der Waals surface area contributed by atoms with Crippen molar-refractivity contribution in [2.75, 3.05) is 0 Å². The molecule has 4 fully saturated rings. The maximum Gasteiger partial charge on any atom is 0.310 e. The van der Waals surface area contributed by atoms with Crippen molar-refractivity contribution in [3.05, 3.63) is 11.6 Å². The summed E-state index contributed by atoms with van der Waals surface area (Å²) >= 11 is 0. The zero-order chi connectivity index (χ0) is 24.2. The van der Waals surface area contributed by atoms with Gasteiger partial charge < -0.3 is 10.2 Å². The Hall–Kier alpha value is -0.830. The van der Waals surface area contributed by atoms with Crippen LogP contribution in [0.2, 0.25) is 0 Å². The molecule has 5 aliphatic rings. The smallest absolute Gasteiger partial charge is 0.310 e. The Labute approximate surface area is 201 Å². The van der Waals surface area contributed by atoms with Crippen LogP contribution in [0.25, 0.3) is 0 Å². The van der Waals surface area contributed by atoms with Gasteiger partial charge in [0.2, 0.25) is 0 Å². The highest BCUT2D eigenvalue weighted by molar-refractivity contribution is 5.76. The van der Waals surface area contributed by atoms with Gasteiger partial charge in [0.15, 0.2) is 0 Å². The molecule has 0 aliphatic heterocycles. The van der Waals surface area contributed by atoms with Crippen molar-refractivity contribution < 1.29 is 15.0 Å². The minimum Gasteiger partial charge on any atom is -0.481 e. The Balaban J connectivity index is 1.60. The lowest BCUT2D eigenvalue weighted by atomic mass is 9.33. The average Bonchev–Trinajstić information content (AvgIpc) is 2.71. The van der Waals surface area contributed by atoms with Gasteiger partial charge in [0, 0.05) is 0 Å². The van der Waals surface area contributed by atoms with E-state index in [0.29, 0.717) is 11.8 Å². The van der Waals surface area contributed by atoms with Gasteiger partial charge in [-0.1, -0.05) is 60.1 Å². The molecule has 0 spiro atoms. The molecule has 8 atom stereocenters. The zero-order valence-electron chi connectivity index (χ0n) is 22.3. The van der Waals surface area contributed by atoms with Crippen LogP contribution in [0.5, 0.6) is 0 Å². The maximum absolute atomic E-state index is 12.8. The van der Waals surface area contributed by atoms with E-state index in [1.54, 1.807) is 0 Å². The molecule has 5 rings (SSSR count). The molecule has 3 nitrogen and oxygen atoms in total. The predicted molar refractivity (Wildman–Crippen MR) is 133 cm³/mol. The van der Waals surface area contributed by atoms with Gasteiger partial charge in [0.05, 0.1) is 11.5 Å². The highest BCUT2D eigenvalue weighted by Gasteiger charge is 2.69. The molecule has 2 N–H and O–H groups in total. The lowest BCUT2D eigenvalue weighted by Gasteiger charge is -2.71. The first-order chi connectivity index (χ1) is 15.1. The number of rotatable bonds is 1. The van der Waals surface area contributed by atoms with Crippen molar-refractivity contribution >= 4 is 5.97 Å². The van der Waals surface area contributed by atoms with Crippen LogP contribution in [0.4, 0.5) is 0 Å². The van der Waals surface area contributed by atoms with Crippen LogP contribution in [0.1, 0.15) is 113 Å². The number of aliphatic carboxylic acids is 1. The fourth-order valence-electron chi connectivity index (χ4n) is 10.6. The van der Waals surface area contributed by atoms with Crippen molar-refractivity contribution in [2.45, 2.75) is 119 Å². The average molecular weight is 457 g/mol. The van der Waals surface area contributed by atoms with E-state index in [4.69, 9.17) is 0 Å². The molecule has 0 aromatic carbocycles. The minimum absolute atomic E-state index is 0.0301. The van der Waals surface area contributed by atoms with Crippen molar-refractivity contribution in [1.82, 2.24) is 0 Å². The van der Waals surface area contributed by atoms with Crippen molar-refractivity contribution in [1.29, 1.82) is 0 Å². The van der Waals surface area contributed by atoms with Gasteiger partial charge in [-0.3, -0.25) is 4.79 Å². The van der Waals surface area contributed by atoms with Gasteiger partial charge >= 0.3 is 5.97 Å². The summed E-state index contributed by atoms with van der Waals surface area (Å²) in [5.74, 6) is 0.807. The van der Waals surface area contributed by atoms with E-state index >= 15 is 0 Å². The monoisotopic (exact) mass is 456 g/mol. The fraction of sp³-hybridized carbons (Fsp3) is 0.900. The van der Waals surface area contributed by atoms with Crippen LogP contribution in [-0.2, 0) is 4.79 Å². The molecular weight excluding hydrogens is 408 g/mol. The largest absolute Gasteiger partial charge is 0.481 e. The Kier molecular flexibility index (Phi) is 4.99. The molecule has 0 aromatic rings. The number of fused-ring (bicyclic) bond motifs is 7. The quantitative estimate of drug-likeness (QED) is 0.409. The van der Waals surface area contributed by atoms with Crippen molar-refractivity contribution in [3.63, 3.8) is 0 Å². The van der Waals surface area contributed by atoms with Gasteiger partial charge in [0.25, 0.3) is 0 Å². The number of allylic oxidation sites excluding steroid dienone is 2. The Bertz CT molecular complexity index is 885. The van der Waals surface area contributed by atoms with E-state index < -0.39 is 11.4 Å². The van der Waals surface area contributed by atoms with Gasteiger partial charge in [-0.25, -0.2) is 0 Å². The Morgan fingerprint density at radius 1 is 0.879 bits per heavy atom. The topological polar surface area (TPSA) is 57.5 Å². The summed E-state index contributed by atoms with van der Waals surface area (Å²) in [6, 6.07) is 0. The standard InChI is InChI=1S/C30H48O3/c1-25(2)14-16-30(24(32)33)17-15-28(6)19(20(30)18-25)8-9-22-27(5)12-11-23(31)26(3,4)21(27)10-13-29(22,28)7/h8,20-23,31H,9-18H2,1-7H3,(H,32,33)/t20-,21+,22-,23-,27+,28-,29-,30+/m0/s1. The fourth-order valence-corrected chi connectivity index (χ4v) is 10.6. The minimum atomic E-state index is -0.553. The summed E-state index contributed by atoms with van der Waals surface area (Å²) in [5.41, 5.74) is 1.68. The number of hydrogen-bond donors (Lipinski definition) is 2. The molecule has 0 aromatic heterocycles. The summed E-state index contributed by atoms with van der Waals surface area (Å²) in [6.45, 7) is 16.9. The summed E-state index contributed by atoms with van der Waals surface area (Å²) in [4.78, 5) is 12.8. The number of carbonyl (C=O) groups is 1. The molecule has 0 heterocycles. The second kappa shape index (κ2) is 6.89. The van der Waals surface area contributed by atoms with Crippen LogP contribution in [0.3, 0.4) is 0 Å². The first-order valence-electron chi connectivity index (χ1n) is 13.8. The van der Waals surface area contributed by atoms with Crippen LogP contribution < -0.4 is 0 Å². The number of aliphatic hydroxyl groups is 1. The Morgan fingerprint density at radius 2 is 1.55 bits per heavy atom. The van der Waals surface area contributed by atoms with Gasteiger partial charge in [-0.05, 0) is 109 Å². The van der Waals surface area contributed by atoms with E-state index in [2.05, 4.69) is 54.5 Å². The Morgan fingerprint density at radius 3 is 2.21 bits per heavy atom. The third-order valence-electron chi connectivity index (χ3n) is 13.0. The van der Waals surface area contributed by atoms with E-state index in [-0.39, 0.29) is 39.1 Å². The van der Waals surface area contributed by atoms with Crippen molar-refractivity contribution in [2.24, 2.45) is 50.2 Å². The lowest BCUT2D eigenvalue weighted by molar-refractivity contribution is -0.205. The number of hydrogen-bond acceptors (Lipinski definition) is 2. The van der Waals surface area contributed by atoms with Gasteiger partial charge in [0.1, 0.15) is 0 Å². The molecule has 0 saturated heterocycles. The zero-order valence-corrected chi connectivity index (χ0v) is 22.3. The summed E-state index contributed by atoms with van der Waals surface area (Å²) < 4.78 is 0. The molecule has 4 saturated carbocycles. The molecule has 5 aliphatic carbocycles.